The number of imidazole rings is 1. The van der Waals surface area contributed by atoms with Gasteiger partial charge in [0, 0.05) is 42.3 Å². The molecule has 1 N–H and O–H groups in total. The van der Waals surface area contributed by atoms with Crippen LogP contribution in [0, 0.1) is 35.8 Å². The van der Waals surface area contributed by atoms with Crippen LogP contribution in [0.4, 0.5) is 20.3 Å². The molecule has 200 valence electrons. The summed E-state index contributed by atoms with van der Waals surface area (Å²) < 4.78 is 36.0. The maximum Gasteiger partial charge on any atom is 0.254 e. The number of nitrogens with one attached hydrogen (secondary N) is 1. The highest BCUT2D eigenvalue weighted by molar-refractivity contribution is 5.96. The molecule has 39 heavy (non-hydrogen) atoms. The van der Waals surface area contributed by atoms with Gasteiger partial charge in [-0.15, -0.1) is 0 Å². The van der Waals surface area contributed by atoms with Crippen LogP contribution in [0.2, 0.25) is 0 Å². The molecular weight excluding hydrogens is 502 g/mol. The third-order valence-corrected chi connectivity index (χ3v) is 7.24. The summed E-state index contributed by atoms with van der Waals surface area (Å²) in [6.45, 7) is 5.27. The van der Waals surface area contributed by atoms with E-state index in [0.717, 1.165) is 43.6 Å². The number of carbonyl (C=O) groups is 1. The van der Waals surface area contributed by atoms with Crippen molar-refractivity contribution in [2.75, 3.05) is 25.0 Å². The number of nitriles is 1. The van der Waals surface area contributed by atoms with Crippen molar-refractivity contribution in [2.45, 2.75) is 33.1 Å². The second-order valence-corrected chi connectivity index (χ2v) is 9.60. The monoisotopic (exact) mass is 530 g/mol. The van der Waals surface area contributed by atoms with Gasteiger partial charge in [-0.05, 0) is 61.6 Å². The normalized spacial score (nSPS) is 13.9. The van der Waals surface area contributed by atoms with Crippen LogP contribution < -0.4 is 10.1 Å². The molecule has 2 aromatic carbocycles. The lowest BCUT2D eigenvalue weighted by atomic mass is 9.94. The highest BCUT2D eigenvalue weighted by Gasteiger charge is 2.24. The minimum absolute atomic E-state index is 0.0110. The van der Waals surface area contributed by atoms with E-state index in [-0.39, 0.29) is 17.2 Å². The van der Waals surface area contributed by atoms with Crippen molar-refractivity contribution in [1.82, 2.24) is 19.3 Å². The van der Waals surface area contributed by atoms with Crippen LogP contribution in [0.25, 0.3) is 16.9 Å². The van der Waals surface area contributed by atoms with Crippen molar-refractivity contribution in [1.29, 1.82) is 5.26 Å². The fraction of sp³-hybridized carbons (Fsp3) is 0.310. The lowest BCUT2D eigenvalue weighted by Crippen LogP contribution is -2.38. The Morgan fingerprint density at radius 2 is 1.97 bits per heavy atom. The average molecular weight is 531 g/mol. The highest BCUT2D eigenvalue weighted by atomic mass is 19.2. The molecule has 3 heterocycles. The molecule has 5 rings (SSSR count). The number of halogens is 2. The Morgan fingerprint density at radius 1 is 1.18 bits per heavy atom. The van der Waals surface area contributed by atoms with Gasteiger partial charge in [0.2, 0.25) is 5.82 Å². The second-order valence-electron chi connectivity index (χ2n) is 9.60. The molecule has 10 heteroatoms. The Labute approximate surface area is 224 Å². The molecule has 1 saturated heterocycles. The maximum atomic E-state index is 14.9. The first-order valence-corrected chi connectivity index (χ1v) is 12.9. The number of hydrogen-bond donors (Lipinski definition) is 1. The molecule has 1 aliphatic heterocycles. The molecule has 0 atom stereocenters. The van der Waals surface area contributed by atoms with Gasteiger partial charge in [-0.1, -0.05) is 13.3 Å². The van der Waals surface area contributed by atoms with E-state index in [0.29, 0.717) is 28.6 Å². The average Bonchev–Trinajstić information content (AvgIpc) is 3.38. The summed E-state index contributed by atoms with van der Waals surface area (Å²) in [4.78, 5) is 23.8. The zero-order chi connectivity index (χ0) is 27.5. The lowest BCUT2D eigenvalue weighted by Gasteiger charge is -2.32. The molecule has 0 spiro atoms. The van der Waals surface area contributed by atoms with Crippen molar-refractivity contribution in [2.24, 2.45) is 5.92 Å². The number of piperidine rings is 1. The molecule has 1 amide bonds. The number of likely N-dealkylation sites (tertiary alicyclic amines) is 1. The van der Waals surface area contributed by atoms with Gasteiger partial charge in [0.25, 0.3) is 5.91 Å². The van der Waals surface area contributed by atoms with Crippen molar-refractivity contribution in [3.63, 3.8) is 0 Å². The topological polar surface area (TPSA) is 95.5 Å². The van der Waals surface area contributed by atoms with Crippen LogP contribution in [-0.4, -0.2) is 44.9 Å². The van der Waals surface area contributed by atoms with Gasteiger partial charge in [-0.25, -0.2) is 14.4 Å². The quantitative estimate of drug-likeness (QED) is 0.320. The summed E-state index contributed by atoms with van der Waals surface area (Å²) in [6, 6.07) is 9.91. The molecule has 0 bridgehead atoms. The first kappa shape index (κ1) is 26.1. The first-order chi connectivity index (χ1) is 18.9. The molecule has 8 nitrogen and oxygen atoms in total. The number of benzene rings is 2. The van der Waals surface area contributed by atoms with Gasteiger partial charge in [-0.2, -0.15) is 9.65 Å². The standard InChI is InChI=1S/C29H28F2N6O2/c1-3-19-8-12-36(13-9-19)29(38)21-5-4-20(16-18(21)2)35-27-28-34-17-23(37(28)14-11-33-27)22-6-7-24(39-15-10-32)26(31)25(22)30/h4-7,11,14,16-17,19H,3,8-9,12-13,15H2,1-2H3,(H,33,35). The van der Waals surface area contributed by atoms with Crippen LogP contribution in [-0.2, 0) is 0 Å². The Bertz CT molecular complexity index is 1570. The van der Waals surface area contributed by atoms with Gasteiger partial charge in [0.1, 0.15) is 6.07 Å². The zero-order valence-electron chi connectivity index (χ0n) is 21.7. The Morgan fingerprint density at radius 3 is 2.69 bits per heavy atom. The van der Waals surface area contributed by atoms with E-state index in [4.69, 9.17) is 10.00 Å². The van der Waals surface area contributed by atoms with Crippen LogP contribution in [0.3, 0.4) is 0 Å². The number of ether oxygens (including phenoxy) is 1. The zero-order valence-corrected chi connectivity index (χ0v) is 21.7. The molecule has 4 aromatic rings. The van der Waals surface area contributed by atoms with Crippen LogP contribution in [0.1, 0.15) is 42.1 Å². The van der Waals surface area contributed by atoms with Crippen LogP contribution in [0.15, 0.2) is 48.9 Å². The summed E-state index contributed by atoms with van der Waals surface area (Å²) in [5.74, 6) is -1.46. The molecule has 2 aromatic heterocycles. The Hall–Kier alpha value is -4.52. The Kier molecular flexibility index (Phi) is 7.41. The van der Waals surface area contributed by atoms with Gasteiger partial charge in [0.15, 0.2) is 29.6 Å². The van der Waals surface area contributed by atoms with Gasteiger partial charge in [-0.3, -0.25) is 9.20 Å². The first-order valence-electron chi connectivity index (χ1n) is 12.9. The van der Waals surface area contributed by atoms with E-state index < -0.39 is 18.2 Å². The van der Waals surface area contributed by atoms with E-state index in [1.807, 2.05) is 30.0 Å². The minimum Gasteiger partial charge on any atom is -0.476 e. The van der Waals surface area contributed by atoms with E-state index in [9.17, 15) is 13.6 Å². The van der Waals surface area contributed by atoms with E-state index in [1.165, 1.54) is 24.5 Å². The van der Waals surface area contributed by atoms with Crippen molar-refractivity contribution in [3.05, 3.63) is 71.7 Å². The third kappa shape index (κ3) is 5.12. The summed E-state index contributed by atoms with van der Waals surface area (Å²) in [5.41, 5.74) is 2.95. The van der Waals surface area contributed by atoms with Crippen LogP contribution >= 0.6 is 0 Å². The van der Waals surface area contributed by atoms with E-state index >= 15 is 0 Å². The summed E-state index contributed by atoms with van der Waals surface area (Å²) in [7, 11) is 0. The fourth-order valence-corrected chi connectivity index (χ4v) is 4.99. The van der Waals surface area contributed by atoms with Gasteiger partial charge in [0.05, 0.1) is 11.9 Å². The van der Waals surface area contributed by atoms with E-state index in [1.54, 1.807) is 16.7 Å². The number of fused-ring (bicyclic) bond motifs is 1. The lowest BCUT2D eigenvalue weighted by molar-refractivity contribution is 0.0688. The number of rotatable bonds is 7. The smallest absolute Gasteiger partial charge is 0.254 e. The molecule has 0 radical (unpaired) electrons. The van der Waals surface area contributed by atoms with Crippen molar-refractivity contribution in [3.8, 4) is 23.1 Å². The number of carbonyl (C=O) groups excluding carboxylic acids is 1. The second kappa shape index (κ2) is 11.1. The molecule has 0 unspecified atom stereocenters. The van der Waals surface area contributed by atoms with Crippen LogP contribution in [0.5, 0.6) is 5.75 Å². The number of amides is 1. The fourth-order valence-electron chi connectivity index (χ4n) is 4.99. The molecule has 1 aliphatic rings. The van der Waals surface area contributed by atoms with E-state index in [2.05, 4.69) is 22.2 Å². The predicted molar refractivity (Wildman–Crippen MR) is 143 cm³/mol. The van der Waals surface area contributed by atoms with Gasteiger partial charge >= 0.3 is 0 Å². The number of anilines is 2. The number of aryl methyl sites for hydroxylation is 1. The summed E-state index contributed by atoms with van der Waals surface area (Å²) in [5, 5.41) is 11.9. The maximum absolute atomic E-state index is 14.9. The Balaban J connectivity index is 1.38. The highest BCUT2D eigenvalue weighted by Crippen LogP contribution is 2.32. The number of nitrogens with zero attached hydrogens (tertiary/aromatic N) is 5. The largest absolute Gasteiger partial charge is 0.476 e. The SMILES string of the molecule is CCC1CCN(C(=O)c2ccc(Nc3nccn4c(-c5ccc(OCC#N)c(F)c5F)cnc34)cc2C)CC1. The number of hydrogen-bond acceptors (Lipinski definition) is 6. The summed E-state index contributed by atoms with van der Waals surface area (Å²) >= 11 is 0. The predicted octanol–water partition coefficient (Wildman–Crippen LogP) is 5.89. The molecule has 1 fully saturated rings. The molecule has 0 saturated carbocycles. The minimum atomic E-state index is -1.18. The van der Waals surface area contributed by atoms with Crippen molar-refractivity contribution >= 4 is 23.1 Å². The molecular formula is C29H28F2N6O2. The molecule has 0 aliphatic carbocycles. The van der Waals surface area contributed by atoms with Crippen molar-refractivity contribution < 1.29 is 18.3 Å². The van der Waals surface area contributed by atoms with Gasteiger partial charge < -0.3 is 15.0 Å². The summed E-state index contributed by atoms with van der Waals surface area (Å²) in [6.07, 6.45) is 7.80. The number of aromatic nitrogens is 3. The third-order valence-electron chi connectivity index (χ3n) is 7.24.